The van der Waals surface area contributed by atoms with Crippen molar-refractivity contribution < 1.29 is 0 Å². The molecular formula is C8H7Cl2N. The Kier molecular flexibility index (Phi) is 1.80. The van der Waals surface area contributed by atoms with E-state index >= 15 is 0 Å². The molecule has 0 bridgehead atoms. The van der Waals surface area contributed by atoms with Crippen LogP contribution in [0.1, 0.15) is 11.6 Å². The van der Waals surface area contributed by atoms with Crippen LogP contribution in [-0.4, -0.2) is 6.54 Å². The lowest BCUT2D eigenvalue weighted by Gasteiger charge is -2.02. The Bertz CT molecular complexity index is 261. The highest BCUT2D eigenvalue weighted by Crippen LogP contribution is 2.34. The second-order valence-corrected chi connectivity index (χ2v) is 3.41. The predicted octanol–water partition coefficient (Wildman–Crippen LogP) is 2.64. The third-order valence-electron chi connectivity index (χ3n) is 1.76. The van der Waals surface area contributed by atoms with Crippen LogP contribution >= 0.6 is 23.2 Å². The maximum Gasteiger partial charge on any atom is 0.0477 e. The first kappa shape index (κ1) is 7.41. The molecule has 1 aliphatic heterocycles. The van der Waals surface area contributed by atoms with Crippen LogP contribution in [0.25, 0.3) is 0 Å². The van der Waals surface area contributed by atoms with Gasteiger partial charge in [0, 0.05) is 28.2 Å². The van der Waals surface area contributed by atoms with Crippen molar-refractivity contribution in [3.63, 3.8) is 0 Å². The Hall–Kier alpha value is -0.240. The van der Waals surface area contributed by atoms with Crippen LogP contribution in [0.5, 0.6) is 0 Å². The highest BCUT2D eigenvalue weighted by molar-refractivity contribution is 6.36. The summed E-state index contributed by atoms with van der Waals surface area (Å²) in [5.74, 6) is 0. The fraction of sp³-hybridized carbons (Fsp3) is 0.250. The minimum absolute atomic E-state index is 0.385. The third-order valence-corrected chi connectivity index (χ3v) is 2.42. The summed E-state index contributed by atoms with van der Waals surface area (Å²) in [4.78, 5) is 0. The quantitative estimate of drug-likeness (QED) is 0.672. The van der Waals surface area contributed by atoms with Crippen LogP contribution in [0.3, 0.4) is 0 Å². The zero-order valence-corrected chi connectivity index (χ0v) is 7.28. The summed E-state index contributed by atoms with van der Waals surface area (Å²) in [6.45, 7) is 0.990. The van der Waals surface area contributed by atoms with E-state index in [0.717, 1.165) is 22.2 Å². The summed E-state index contributed by atoms with van der Waals surface area (Å²) < 4.78 is 0. The Morgan fingerprint density at radius 3 is 2.27 bits per heavy atom. The molecule has 1 fully saturated rings. The SMILES string of the molecule is Clc1cccc(Cl)c1[C@H]1CN1. The smallest absolute Gasteiger partial charge is 0.0477 e. The Balaban J connectivity index is 2.48. The van der Waals surface area contributed by atoms with Gasteiger partial charge in [-0.15, -0.1) is 0 Å². The maximum absolute atomic E-state index is 5.94. The highest BCUT2D eigenvalue weighted by Gasteiger charge is 2.26. The molecule has 0 spiro atoms. The molecule has 2 rings (SSSR count). The van der Waals surface area contributed by atoms with Crippen molar-refractivity contribution in [2.45, 2.75) is 6.04 Å². The molecule has 1 saturated heterocycles. The summed E-state index contributed by atoms with van der Waals surface area (Å²) in [7, 11) is 0. The normalized spacial score (nSPS) is 21.8. The van der Waals surface area contributed by atoms with Crippen molar-refractivity contribution in [1.82, 2.24) is 5.32 Å². The van der Waals surface area contributed by atoms with Crippen molar-refractivity contribution >= 4 is 23.2 Å². The summed E-state index contributed by atoms with van der Waals surface area (Å²) in [5.41, 5.74) is 1.04. The molecule has 0 radical (unpaired) electrons. The van der Waals surface area contributed by atoms with Crippen molar-refractivity contribution in [3.8, 4) is 0 Å². The zero-order chi connectivity index (χ0) is 7.84. The van der Waals surface area contributed by atoms with Gasteiger partial charge in [-0.05, 0) is 12.1 Å². The highest BCUT2D eigenvalue weighted by atomic mass is 35.5. The van der Waals surface area contributed by atoms with Gasteiger partial charge < -0.3 is 5.32 Å². The minimum Gasteiger partial charge on any atom is -0.307 e. The second kappa shape index (κ2) is 2.67. The molecular weight excluding hydrogens is 181 g/mol. The van der Waals surface area contributed by atoms with Crippen molar-refractivity contribution in [2.24, 2.45) is 0 Å². The molecule has 0 aromatic heterocycles. The molecule has 1 heterocycles. The predicted molar refractivity (Wildman–Crippen MR) is 47.2 cm³/mol. The van der Waals surface area contributed by atoms with E-state index in [1.165, 1.54) is 0 Å². The minimum atomic E-state index is 0.385. The van der Waals surface area contributed by atoms with E-state index in [1.807, 2.05) is 18.2 Å². The number of hydrogen-bond acceptors (Lipinski definition) is 1. The number of hydrogen-bond donors (Lipinski definition) is 1. The van der Waals surface area contributed by atoms with E-state index in [0.29, 0.717) is 6.04 Å². The van der Waals surface area contributed by atoms with Crippen molar-refractivity contribution in [2.75, 3.05) is 6.54 Å². The van der Waals surface area contributed by atoms with Crippen LogP contribution in [0.2, 0.25) is 10.0 Å². The molecule has 0 unspecified atom stereocenters. The number of nitrogens with one attached hydrogen (secondary N) is 1. The Morgan fingerprint density at radius 1 is 1.27 bits per heavy atom. The summed E-state index contributed by atoms with van der Waals surface area (Å²) in [6, 6.07) is 5.97. The lowest BCUT2D eigenvalue weighted by atomic mass is 10.1. The number of benzene rings is 1. The van der Waals surface area contributed by atoms with Gasteiger partial charge in [0.25, 0.3) is 0 Å². The van der Waals surface area contributed by atoms with Gasteiger partial charge in [-0.1, -0.05) is 29.3 Å². The molecule has 1 N–H and O–H groups in total. The summed E-state index contributed by atoms with van der Waals surface area (Å²) >= 11 is 11.9. The first-order valence-corrected chi connectivity index (χ1v) is 4.22. The van der Waals surface area contributed by atoms with Crippen LogP contribution in [0.4, 0.5) is 0 Å². The number of halogens is 2. The average Bonchev–Trinajstić information content (AvgIpc) is 2.70. The molecule has 1 aromatic rings. The topological polar surface area (TPSA) is 21.9 Å². The standard InChI is InChI=1S/C8H7Cl2N/c9-5-2-1-3-6(10)8(5)7-4-11-7/h1-3,7,11H,4H2/t7-/m1/s1. The van der Waals surface area contributed by atoms with E-state index in [-0.39, 0.29) is 0 Å². The molecule has 0 aliphatic carbocycles. The van der Waals surface area contributed by atoms with Crippen LogP contribution in [-0.2, 0) is 0 Å². The van der Waals surface area contributed by atoms with Crippen molar-refractivity contribution in [3.05, 3.63) is 33.8 Å². The van der Waals surface area contributed by atoms with Crippen LogP contribution in [0, 0.1) is 0 Å². The van der Waals surface area contributed by atoms with Gasteiger partial charge in [0.15, 0.2) is 0 Å². The van der Waals surface area contributed by atoms with E-state index in [2.05, 4.69) is 5.32 Å². The fourth-order valence-corrected chi connectivity index (χ4v) is 1.77. The summed E-state index contributed by atoms with van der Waals surface area (Å²) in [6.07, 6.45) is 0. The monoisotopic (exact) mass is 187 g/mol. The van der Waals surface area contributed by atoms with Gasteiger partial charge in [0.2, 0.25) is 0 Å². The fourth-order valence-electron chi connectivity index (χ4n) is 1.11. The first-order chi connectivity index (χ1) is 5.29. The van der Waals surface area contributed by atoms with Gasteiger partial charge in [-0.25, -0.2) is 0 Å². The van der Waals surface area contributed by atoms with Crippen molar-refractivity contribution in [1.29, 1.82) is 0 Å². The molecule has 11 heavy (non-hydrogen) atoms. The van der Waals surface area contributed by atoms with Gasteiger partial charge in [-0.3, -0.25) is 0 Å². The molecule has 0 saturated carbocycles. The Morgan fingerprint density at radius 2 is 1.82 bits per heavy atom. The molecule has 0 amide bonds. The van der Waals surface area contributed by atoms with Gasteiger partial charge in [-0.2, -0.15) is 0 Å². The van der Waals surface area contributed by atoms with Crippen LogP contribution < -0.4 is 5.32 Å². The summed E-state index contributed by atoms with van der Waals surface area (Å²) in [5, 5.41) is 4.68. The van der Waals surface area contributed by atoms with Gasteiger partial charge >= 0.3 is 0 Å². The molecule has 1 aliphatic rings. The molecule has 1 nitrogen and oxygen atoms in total. The largest absolute Gasteiger partial charge is 0.307 e. The lowest BCUT2D eigenvalue weighted by Crippen LogP contribution is -1.86. The molecule has 58 valence electrons. The van der Waals surface area contributed by atoms with E-state index in [9.17, 15) is 0 Å². The third kappa shape index (κ3) is 1.36. The molecule has 3 heteroatoms. The first-order valence-electron chi connectivity index (χ1n) is 3.46. The maximum atomic E-state index is 5.94. The lowest BCUT2D eigenvalue weighted by molar-refractivity contribution is 1.08. The average molecular weight is 188 g/mol. The van der Waals surface area contributed by atoms with E-state index in [1.54, 1.807) is 0 Å². The van der Waals surface area contributed by atoms with Gasteiger partial charge in [0.05, 0.1) is 0 Å². The zero-order valence-electron chi connectivity index (χ0n) is 5.77. The Labute approximate surface area is 75.3 Å². The van der Waals surface area contributed by atoms with E-state index in [4.69, 9.17) is 23.2 Å². The molecule has 1 aromatic carbocycles. The van der Waals surface area contributed by atoms with Gasteiger partial charge in [0.1, 0.15) is 0 Å². The van der Waals surface area contributed by atoms with E-state index < -0.39 is 0 Å². The number of rotatable bonds is 1. The second-order valence-electron chi connectivity index (χ2n) is 2.60. The van der Waals surface area contributed by atoms with Crippen LogP contribution in [0.15, 0.2) is 18.2 Å². The molecule has 1 atom stereocenters.